The van der Waals surface area contributed by atoms with Crippen molar-refractivity contribution in [2.75, 3.05) is 19.6 Å². The molecule has 0 aromatic carbocycles. The van der Waals surface area contributed by atoms with Crippen molar-refractivity contribution >= 4 is 12.0 Å². The quantitative estimate of drug-likeness (QED) is 0.763. The van der Waals surface area contributed by atoms with Crippen molar-refractivity contribution in [2.45, 2.75) is 53.0 Å². The highest BCUT2D eigenvalue weighted by atomic mass is 16.4. The monoisotopic (exact) mass is 284 g/mol. The number of rotatable bonds is 6. The number of amides is 2. The first-order valence-corrected chi connectivity index (χ1v) is 7.66. The van der Waals surface area contributed by atoms with Crippen LogP contribution in [-0.4, -0.2) is 52.6 Å². The molecule has 1 heterocycles. The summed E-state index contributed by atoms with van der Waals surface area (Å²) in [5.41, 5.74) is 0. The molecule has 1 fully saturated rings. The lowest BCUT2D eigenvalue weighted by Gasteiger charge is -2.31. The fourth-order valence-corrected chi connectivity index (χ4v) is 2.73. The fourth-order valence-electron chi connectivity index (χ4n) is 2.73. The van der Waals surface area contributed by atoms with Gasteiger partial charge in [-0.3, -0.25) is 4.79 Å². The molecule has 0 bridgehead atoms. The minimum atomic E-state index is -0.796. The number of unbranched alkanes of at least 4 members (excludes halogenated alkanes) is 2. The summed E-state index contributed by atoms with van der Waals surface area (Å²) in [6.07, 6.45) is 3.25. The van der Waals surface area contributed by atoms with E-state index >= 15 is 0 Å². The first kappa shape index (κ1) is 16.8. The number of hydrogen-bond donors (Lipinski definition) is 1. The molecule has 1 N–H and O–H groups in total. The molecule has 0 aliphatic carbocycles. The molecule has 5 nitrogen and oxygen atoms in total. The van der Waals surface area contributed by atoms with Gasteiger partial charge in [-0.2, -0.15) is 0 Å². The lowest BCUT2D eigenvalue weighted by atomic mass is 9.99. The maximum absolute atomic E-state index is 12.6. The van der Waals surface area contributed by atoms with Crippen LogP contribution in [0.5, 0.6) is 0 Å². The van der Waals surface area contributed by atoms with E-state index in [0.29, 0.717) is 13.1 Å². The van der Waals surface area contributed by atoms with Gasteiger partial charge in [0.2, 0.25) is 0 Å². The summed E-state index contributed by atoms with van der Waals surface area (Å²) in [5.74, 6) is -1.19. The fraction of sp³-hybridized carbons (Fsp3) is 0.867. The minimum absolute atomic E-state index is 0.00768. The van der Waals surface area contributed by atoms with E-state index < -0.39 is 11.9 Å². The van der Waals surface area contributed by atoms with Crippen LogP contribution in [0.1, 0.15) is 47.0 Å². The summed E-state index contributed by atoms with van der Waals surface area (Å²) < 4.78 is 0. The number of urea groups is 1. The summed E-state index contributed by atoms with van der Waals surface area (Å²) in [6.45, 7) is 9.71. The summed E-state index contributed by atoms with van der Waals surface area (Å²) in [6, 6.07) is 0.144. The minimum Gasteiger partial charge on any atom is -0.481 e. The van der Waals surface area contributed by atoms with Gasteiger partial charge in [-0.05, 0) is 26.2 Å². The van der Waals surface area contributed by atoms with Gasteiger partial charge in [0.15, 0.2) is 0 Å². The standard InChI is InChI=1S/C15H28N2O3/c1-5-6-7-8-17(11(2)3)15(20)16-9-12(4)13(10-16)14(18)19/h11-13H,5-10H2,1-4H3,(H,18,19). The first-order chi connectivity index (χ1) is 9.38. The normalized spacial score (nSPS) is 22.4. The van der Waals surface area contributed by atoms with Gasteiger partial charge in [-0.25, -0.2) is 4.79 Å². The van der Waals surface area contributed by atoms with Gasteiger partial charge in [0.1, 0.15) is 0 Å². The van der Waals surface area contributed by atoms with E-state index in [4.69, 9.17) is 5.11 Å². The Morgan fingerprint density at radius 3 is 2.40 bits per heavy atom. The number of carboxylic acid groups (broad SMARTS) is 1. The average molecular weight is 284 g/mol. The van der Waals surface area contributed by atoms with Crippen LogP contribution >= 0.6 is 0 Å². The van der Waals surface area contributed by atoms with Gasteiger partial charge in [-0.1, -0.05) is 26.7 Å². The second-order valence-electron chi connectivity index (χ2n) is 6.10. The van der Waals surface area contributed by atoms with E-state index in [-0.39, 0.29) is 18.0 Å². The van der Waals surface area contributed by atoms with E-state index in [0.717, 1.165) is 25.8 Å². The molecule has 20 heavy (non-hydrogen) atoms. The van der Waals surface area contributed by atoms with Crippen molar-refractivity contribution < 1.29 is 14.7 Å². The van der Waals surface area contributed by atoms with Gasteiger partial charge in [0.05, 0.1) is 5.92 Å². The van der Waals surface area contributed by atoms with Gasteiger partial charge >= 0.3 is 12.0 Å². The number of carbonyl (C=O) groups excluding carboxylic acids is 1. The van der Waals surface area contributed by atoms with Crippen molar-refractivity contribution in [3.8, 4) is 0 Å². The lowest BCUT2D eigenvalue weighted by Crippen LogP contribution is -2.46. The molecule has 0 spiro atoms. The molecular weight excluding hydrogens is 256 g/mol. The molecule has 2 unspecified atom stereocenters. The zero-order valence-electron chi connectivity index (χ0n) is 13.1. The summed E-state index contributed by atoms with van der Waals surface area (Å²) >= 11 is 0. The van der Waals surface area contributed by atoms with Crippen LogP contribution in [-0.2, 0) is 4.79 Å². The van der Waals surface area contributed by atoms with Crippen molar-refractivity contribution in [1.82, 2.24) is 9.80 Å². The molecule has 1 saturated heterocycles. The Morgan fingerprint density at radius 1 is 1.30 bits per heavy atom. The maximum Gasteiger partial charge on any atom is 0.320 e. The van der Waals surface area contributed by atoms with E-state index in [1.807, 2.05) is 25.7 Å². The molecule has 0 aromatic heterocycles. The van der Waals surface area contributed by atoms with E-state index in [1.165, 1.54) is 0 Å². The predicted molar refractivity (Wildman–Crippen MR) is 78.6 cm³/mol. The topological polar surface area (TPSA) is 60.9 Å². The van der Waals surface area contributed by atoms with Crippen LogP contribution in [0.25, 0.3) is 0 Å². The molecule has 2 amide bonds. The van der Waals surface area contributed by atoms with E-state index in [2.05, 4.69) is 6.92 Å². The number of aliphatic carboxylic acids is 1. The second-order valence-corrected chi connectivity index (χ2v) is 6.10. The van der Waals surface area contributed by atoms with Crippen molar-refractivity contribution in [3.63, 3.8) is 0 Å². The summed E-state index contributed by atoms with van der Waals surface area (Å²) in [7, 11) is 0. The smallest absolute Gasteiger partial charge is 0.320 e. The highest BCUT2D eigenvalue weighted by Gasteiger charge is 2.38. The molecule has 1 rings (SSSR count). The van der Waals surface area contributed by atoms with Crippen molar-refractivity contribution in [1.29, 1.82) is 0 Å². The first-order valence-electron chi connectivity index (χ1n) is 7.66. The molecule has 1 aliphatic heterocycles. The Labute approximate surface area is 121 Å². The third kappa shape index (κ3) is 4.12. The van der Waals surface area contributed by atoms with Crippen LogP contribution < -0.4 is 0 Å². The number of carbonyl (C=O) groups is 2. The van der Waals surface area contributed by atoms with Crippen LogP contribution in [0.3, 0.4) is 0 Å². The molecule has 5 heteroatoms. The van der Waals surface area contributed by atoms with Gasteiger partial charge in [0, 0.05) is 25.7 Å². The molecule has 116 valence electrons. The molecular formula is C15H28N2O3. The van der Waals surface area contributed by atoms with Crippen molar-refractivity contribution in [2.24, 2.45) is 11.8 Å². The third-order valence-corrected chi connectivity index (χ3v) is 4.07. The summed E-state index contributed by atoms with van der Waals surface area (Å²) in [4.78, 5) is 27.3. The molecule has 0 aromatic rings. The van der Waals surface area contributed by atoms with Crippen molar-refractivity contribution in [3.05, 3.63) is 0 Å². The molecule has 0 radical (unpaired) electrons. The van der Waals surface area contributed by atoms with Gasteiger partial charge in [-0.15, -0.1) is 0 Å². The molecule has 1 aliphatic rings. The Bertz CT molecular complexity index is 344. The Morgan fingerprint density at radius 2 is 1.95 bits per heavy atom. The van der Waals surface area contributed by atoms with Gasteiger partial charge < -0.3 is 14.9 Å². The predicted octanol–water partition coefficient (Wildman–Crippen LogP) is 2.66. The zero-order chi connectivity index (χ0) is 15.3. The molecule has 2 atom stereocenters. The third-order valence-electron chi connectivity index (χ3n) is 4.07. The molecule has 0 saturated carbocycles. The van der Waals surface area contributed by atoms with E-state index in [1.54, 1.807) is 4.90 Å². The number of carboxylic acids is 1. The SMILES string of the molecule is CCCCCN(C(=O)N1CC(C)C(C(=O)O)C1)C(C)C. The second kappa shape index (κ2) is 7.50. The van der Waals surface area contributed by atoms with Crippen LogP contribution in [0.15, 0.2) is 0 Å². The highest BCUT2D eigenvalue weighted by Crippen LogP contribution is 2.24. The Hall–Kier alpha value is -1.26. The Balaban J connectivity index is 2.64. The largest absolute Gasteiger partial charge is 0.481 e. The number of nitrogens with zero attached hydrogens (tertiary/aromatic N) is 2. The average Bonchev–Trinajstić information content (AvgIpc) is 2.76. The Kier molecular flexibility index (Phi) is 6.30. The van der Waals surface area contributed by atoms with E-state index in [9.17, 15) is 9.59 Å². The zero-order valence-corrected chi connectivity index (χ0v) is 13.1. The van der Waals surface area contributed by atoms with Crippen LogP contribution in [0.2, 0.25) is 0 Å². The summed E-state index contributed by atoms with van der Waals surface area (Å²) in [5, 5.41) is 9.15. The number of hydrogen-bond acceptors (Lipinski definition) is 2. The lowest BCUT2D eigenvalue weighted by molar-refractivity contribution is -0.142. The number of likely N-dealkylation sites (tertiary alicyclic amines) is 1. The van der Waals surface area contributed by atoms with Crippen LogP contribution in [0.4, 0.5) is 4.79 Å². The highest BCUT2D eigenvalue weighted by molar-refractivity contribution is 5.78. The van der Waals surface area contributed by atoms with Gasteiger partial charge in [0.25, 0.3) is 0 Å². The van der Waals surface area contributed by atoms with Crippen LogP contribution in [0, 0.1) is 11.8 Å². The maximum atomic E-state index is 12.6.